The quantitative estimate of drug-likeness (QED) is 0.582. The van der Waals surface area contributed by atoms with Crippen LogP contribution in [0.1, 0.15) is 12.2 Å². The zero-order valence-electron chi connectivity index (χ0n) is 13.3. The zero-order chi connectivity index (χ0) is 17.1. The van der Waals surface area contributed by atoms with E-state index in [-0.39, 0.29) is 5.91 Å². The summed E-state index contributed by atoms with van der Waals surface area (Å²) in [4.78, 5) is 19.8. The number of hydrogen-bond acceptors (Lipinski definition) is 5. The molecule has 2 aromatic heterocycles. The van der Waals surface area contributed by atoms with Gasteiger partial charge in [0.25, 0.3) is 0 Å². The van der Waals surface area contributed by atoms with E-state index in [4.69, 9.17) is 0 Å². The van der Waals surface area contributed by atoms with Crippen molar-refractivity contribution < 1.29 is 4.79 Å². The lowest BCUT2D eigenvalue weighted by Crippen LogP contribution is -2.12. The number of amides is 1. The fraction of sp³-hybridized carbons (Fsp3) is 0.118. The van der Waals surface area contributed by atoms with E-state index in [9.17, 15) is 4.79 Å². The zero-order valence-corrected chi connectivity index (χ0v) is 13.3. The maximum atomic E-state index is 12.1. The maximum absolute atomic E-state index is 12.1. The molecule has 2 aromatic carbocycles. The van der Waals surface area contributed by atoms with Gasteiger partial charge in [-0.3, -0.25) is 4.79 Å². The number of H-pyrrole nitrogens is 1. The summed E-state index contributed by atoms with van der Waals surface area (Å²) in [6, 6.07) is 15.1. The van der Waals surface area contributed by atoms with Crippen molar-refractivity contribution in [2.45, 2.75) is 12.8 Å². The minimum atomic E-state index is -0.0596. The molecule has 8 heteroatoms. The van der Waals surface area contributed by atoms with Crippen LogP contribution in [0.25, 0.3) is 16.7 Å². The van der Waals surface area contributed by atoms with Crippen LogP contribution in [0.3, 0.4) is 0 Å². The third-order valence-corrected chi connectivity index (χ3v) is 3.79. The number of fused-ring (bicyclic) bond motifs is 1. The van der Waals surface area contributed by atoms with Gasteiger partial charge in [0.2, 0.25) is 5.91 Å². The van der Waals surface area contributed by atoms with E-state index in [1.54, 1.807) is 4.68 Å². The highest BCUT2D eigenvalue weighted by molar-refractivity contribution is 5.90. The van der Waals surface area contributed by atoms with E-state index in [0.717, 1.165) is 28.2 Å². The van der Waals surface area contributed by atoms with Gasteiger partial charge in [-0.2, -0.15) is 0 Å². The summed E-state index contributed by atoms with van der Waals surface area (Å²) < 4.78 is 1.55. The SMILES string of the molecule is O=C(CCc1nc2ccccc2[nH]1)Nc1ccc(-n2cnnn2)cc1. The molecule has 2 heterocycles. The molecule has 4 rings (SSSR count). The van der Waals surface area contributed by atoms with Crippen molar-refractivity contribution in [3.63, 3.8) is 0 Å². The summed E-state index contributed by atoms with van der Waals surface area (Å²) in [5.74, 6) is 0.751. The van der Waals surface area contributed by atoms with Crippen LogP contribution >= 0.6 is 0 Å². The Morgan fingerprint density at radius 1 is 1.12 bits per heavy atom. The van der Waals surface area contributed by atoms with Crippen LogP contribution in [-0.4, -0.2) is 36.1 Å². The second-order valence-electron chi connectivity index (χ2n) is 5.55. The van der Waals surface area contributed by atoms with E-state index in [2.05, 4.69) is 30.8 Å². The van der Waals surface area contributed by atoms with Crippen LogP contribution in [0.4, 0.5) is 5.69 Å². The van der Waals surface area contributed by atoms with E-state index in [0.29, 0.717) is 12.8 Å². The molecule has 0 fully saturated rings. The fourth-order valence-electron chi connectivity index (χ4n) is 2.56. The molecule has 25 heavy (non-hydrogen) atoms. The van der Waals surface area contributed by atoms with E-state index in [1.807, 2.05) is 48.5 Å². The van der Waals surface area contributed by atoms with E-state index < -0.39 is 0 Å². The summed E-state index contributed by atoms with van der Waals surface area (Å²) in [6.07, 6.45) is 2.43. The Labute approximate surface area is 142 Å². The molecular formula is C17H15N7O. The standard InChI is InChI=1S/C17H15N7O/c25-17(10-9-16-20-14-3-1-2-4-15(14)21-16)19-12-5-7-13(8-6-12)24-11-18-22-23-24/h1-8,11H,9-10H2,(H,19,25)(H,20,21). The van der Waals surface area contributed by atoms with Gasteiger partial charge in [0, 0.05) is 18.5 Å². The Hall–Kier alpha value is -3.55. The Bertz CT molecular complexity index is 956. The van der Waals surface area contributed by atoms with Crippen molar-refractivity contribution in [3.05, 3.63) is 60.7 Å². The molecule has 0 unspecified atom stereocenters. The Morgan fingerprint density at radius 2 is 1.96 bits per heavy atom. The topological polar surface area (TPSA) is 101 Å². The number of aryl methyl sites for hydroxylation is 1. The highest BCUT2D eigenvalue weighted by atomic mass is 16.1. The molecule has 0 aliphatic heterocycles. The van der Waals surface area contributed by atoms with Crippen molar-refractivity contribution >= 4 is 22.6 Å². The molecule has 124 valence electrons. The monoisotopic (exact) mass is 333 g/mol. The van der Waals surface area contributed by atoms with Crippen LogP contribution < -0.4 is 5.32 Å². The second kappa shape index (κ2) is 6.52. The number of para-hydroxylation sites is 2. The number of nitrogens with one attached hydrogen (secondary N) is 2. The van der Waals surface area contributed by atoms with Crippen LogP contribution in [0.2, 0.25) is 0 Å². The average molecular weight is 333 g/mol. The molecular weight excluding hydrogens is 318 g/mol. The van der Waals surface area contributed by atoms with Gasteiger partial charge in [0.05, 0.1) is 16.7 Å². The van der Waals surface area contributed by atoms with Crippen LogP contribution in [0.15, 0.2) is 54.9 Å². The fourth-order valence-corrected chi connectivity index (χ4v) is 2.56. The number of aromatic nitrogens is 6. The van der Waals surface area contributed by atoms with Gasteiger partial charge >= 0.3 is 0 Å². The van der Waals surface area contributed by atoms with Crippen LogP contribution in [-0.2, 0) is 11.2 Å². The maximum Gasteiger partial charge on any atom is 0.224 e. The predicted molar refractivity (Wildman–Crippen MR) is 92.2 cm³/mol. The number of anilines is 1. The van der Waals surface area contributed by atoms with Gasteiger partial charge < -0.3 is 10.3 Å². The Morgan fingerprint density at radius 3 is 2.72 bits per heavy atom. The number of aromatic amines is 1. The number of nitrogens with zero attached hydrogens (tertiary/aromatic N) is 5. The van der Waals surface area contributed by atoms with E-state index >= 15 is 0 Å². The van der Waals surface area contributed by atoms with Gasteiger partial charge in [-0.15, -0.1) is 5.10 Å². The number of carbonyl (C=O) groups excluding carboxylic acids is 1. The molecule has 0 bridgehead atoms. The molecule has 1 amide bonds. The van der Waals surface area contributed by atoms with Gasteiger partial charge in [0.15, 0.2) is 0 Å². The minimum Gasteiger partial charge on any atom is -0.342 e. The van der Waals surface area contributed by atoms with Gasteiger partial charge in [-0.05, 0) is 46.8 Å². The molecule has 0 radical (unpaired) electrons. The number of carbonyl (C=O) groups is 1. The van der Waals surface area contributed by atoms with Crippen LogP contribution in [0, 0.1) is 0 Å². The highest BCUT2D eigenvalue weighted by Crippen LogP contribution is 2.14. The summed E-state index contributed by atoms with van der Waals surface area (Å²) in [5.41, 5.74) is 3.45. The van der Waals surface area contributed by atoms with Crippen molar-refractivity contribution in [3.8, 4) is 5.69 Å². The molecule has 0 spiro atoms. The largest absolute Gasteiger partial charge is 0.342 e. The van der Waals surface area contributed by atoms with Gasteiger partial charge in [-0.1, -0.05) is 12.1 Å². The van der Waals surface area contributed by atoms with Crippen molar-refractivity contribution in [1.29, 1.82) is 0 Å². The highest BCUT2D eigenvalue weighted by Gasteiger charge is 2.07. The lowest BCUT2D eigenvalue weighted by atomic mass is 10.2. The summed E-state index contributed by atoms with van der Waals surface area (Å²) in [6.45, 7) is 0. The molecule has 2 N–H and O–H groups in total. The second-order valence-corrected chi connectivity index (χ2v) is 5.55. The summed E-state index contributed by atoms with van der Waals surface area (Å²) in [7, 11) is 0. The average Bonchev–Trinajstić information content (AvgIpc) is 3.30. The lowest BCUT2D eigenvalue weighted by molar-refractivity contribution is -0.116. The van der Waals surface area contributed by atoms with E-state index in [1.165, 1.54) is 6.33 Å². The van der Waals surface area contributed by atoms with Crippen molar-refractivity contribution in [1.82, 2.24) is 30.2 Å². The Kier molecular flexibility index (Phi) is 3.91. The predicted octanol–water partition coefficient (Wildman–Crippen LogP) is 2.11. The van der Waals surface area contributed by atoms with Gasteiger partial charge in [0.1, 0.15) is 12.2 Å². The summed E-state index contributed by atoms with van der Waals surface area (Å²) in [5, 5.41) is 13.9. The molecule has 4 aromatic rings. The normalized spacial score (nSPS) is 10.9. The number of tetrazole rings is 1. The first-order valence-corrected chi connectivity index (χ1v) is 7.85. The number of rotatable bonds is 5. The van der Waals surface area contributed by atoms with Crippen molar-refractivity contribution in [2.75, 3.05) is 5.32 Å². The molecule has 0 aliphatic carbocycles. The first kappa shape index (κ1) is 15.0. The third kappa shape index (κ3) is 3.37. The lowest BCUT2D eigenvalue weighted by Gasteiger charge is -2.05. The van der Waals surface area contributed by atoms with Crippen molar-refractivity contribution in [2.24, 2.45) is 0 Å². The Balaban J connectivity index is 1.35. The first-order chi connectivity index (χ1) is 12.3. The van der Waals surface area contributed by atoms with Gasteiger partial charge in [-0.25, -0.2) is 9.67 Å². The smallest absolute Gasteiger partial charge is 0.224 e. The summed E-state index contributed by atoms with van der Waals surface area (Å²) >= 11 is 0. The third-order valence-electron chi connectivity index (χ3n) is 3.79. The number of benzene rings is 2. The molecule has 0 atom stereocenters. The minimum absolute atomic E-state index is 0.0596. The molecule has 8 nitrogen and oxygen atoms in total. The molecule has 0 aliphatic rings. The first-order valence-electron chi connectivity index (χ1n) is 7.85. The molecule has 0 saturated carbocycles. The number of imidazole rings is 1. The van der Waals surface area contributed by atoms with Crippen LogP contribution in [0.5, 0.6) is 0 Å². The number of hydrogen-bond donors (Lipinski definition) is 2. The molecule has 0 saturated heterocycles.